The standard InChI is InChI=1S/C33H52O14/c1-16-8-11-25(36)44-18(3)20(15-42-32-30(41-7)29(40-6)26(37)19(4)45-32)28-23(46-28)9-10-24(35)33(5,39)13-12-22(16)47-31-27(38)21(34)14-17(2)43-31/h8-11,16-23,26-32,34,37-39H,12-15H2,1-7H3/b10-9-,11-8-/t16-,17+,18+,19+,20+,21-,22-,23+,26+,27+,28-,29+,30+,31-,32+,33-/m0/s1. The monoisotopic (exact) mass is 672 g/mol. The molecule has 4 N–H and O–H groups in total. The Hall–Kier alpha value is -1.82. The lowest BCUT2D eigenvalue weighted by atomic mass is 9.89. The van der Waals surface area contributed by atoms with Gasteiger partial charge in [0.25, 0.3) is 0 Å². The van der Waals surface area contributed by atoms with Crippen molar-refractivity contribution in [3.8, 4) is 0 Å². The molecule has 14 heteroatoms. The Morgan fingerprint density at radius 3 is 2.28 bits per heavy atom. The summed E-state index contributed by atoms with van der Waals surface area (Å²) in [5.41, 5.74) is -1.75. The van der Waals surface area contributed by atoms with Gasteiger partial charge in [-0.15, -0.1) is 0 Å². The van der Waals surface area contributed by atoms with E-state index in [0.717, 1.165) is 0 Å². The minimum Gasteiger partial charge on any atom is -0.459 e. The van der Waals surface area contributed by atoms with Crippen molar-refractivity contribution in [1.29, 1.82) is 0 Å². The number of fused-ring (bicyclic) bond motifs is 1. The Morgan fingerprint density at radius 2 is 1.60 bits per heavy atom. The van der Waals surface area contributed by atoms with Crippen LogP contribution in [0.5, 0.6) is 0 Å². The number of aliphatic hydroxyl groups is 4. The van der Waals surface area contributed by atoms with E-state index >= 15 is 0 Å². The fraction of sp³-hybridized carbons (Fsp3) is 0.818. The molecule has 47 heavy (non-hydrogen) atoms. The van der Waals surface area contributed by atoms with Gasteiger partial charge in [-0.25, -0.2) is 4.79 Å². The highest BCUT2D eigenvalue weighted by molar-refractivity contribution is 5.96. The minimum absolute atomic E-state index is 0.00445. The van der Waals surface area contributed by atoms with E-state index in [-0.39, 0.29) is 32.0 Å². The topological polar surface area (TPSA) is 192 Å². The number of methoxy groups -OCH3 is 2. The Labute approximate surface area is 275 Å². The molecule has 4 rings (SSSR count). The lowest BCUT2D eigenvalue weighted by Crippen LogP contribution is -2.59. The Kier molecular flexibility index (Phi) is 13.1. The predicted molar refractivity (Wildman–Crippen MR) is 164 cm³/mol. The Bertz CT molecular complexity index is 1110. The zero-order valence-corrected chi connectivity index (χ0v) is 28.2. The van der Waals surface area contributed by atoms with Crippen LogP contribution in [-0.4, -0.2) is 138 Å². The SMILES string of the molecule is CO[C@@H]1[C@H](O)[C@@H](C)O[C@@H](OC[C@H]2[C@@H]3O[C@@H]3/C=C\C(=O)[C@@](C)(O)CC[C@H](O[C@@H]3O[C@H](C)C[C@H](O)[C@H]3O)[C@@H](C)/C=C\C(=O)O[C@@H]2C)[C@@H]1OC. The van der Waals surface area contributed by atoms with Crippen LogP contribution >= 0.6 is 0 Å². The van der Waals surface area contributed by atoms with E-state index in [4.69, 9.17) is 37.9 Å². The summed E-state index contributed by atoms with van der Waals surface area (Å²) in [5.74, 6) is -2.09. The molecule has 4 aliphatic rings. The molecule has 0 radical (unpaired) electrons. The van der Waals surface area contributed by atoms with Crippen molar-refractivity contribution in [2.24, 2.45) is 11.8 Å². The number of aliphatic hydroxyl groups excluding tert-OH is 3. The molecular weight excluding hydrogens is 620 g/mol. The maximum Gasteiger partial charge on any atom is 0.330 e. The van der Waals surface area contributed by atoms with E-state index in [9.17, 15) is 30.0 Å². The van der Waals surface area contributed by atoms with Crippen LogP contribution in [0, 0.1) is 11.8 Å². The van der Waals surface area contributed by atoms with Crippen molar-refractivity contribution in [3.05, 3.63) is 24.3 Å². The van der Waals surface area contributed by atoms with Gasteiger partial charge in [0.15, 0.2) is 18.4 Å². The van der Waals surface area contributed by atoms with E-state index in [0.29, 0.717) is 0 Å². The number of carbonyl (C=O) groups is 2. The zero-order valence-electron chi connectivity index (χ0n) is 28.2. The highest BCUT2D eigenvalue weighted by atomic mass is 16.7. The third kappa shape index (κ3) is 9.45. The molecule has 0 aromatic heterocycles. The van der Waals surface area contributed by atoms with Crippen molar-refractivity contribution in [1.82, 2.24) is 0 Å². The zero-order chi connectivity index (χ0) is 34.6. The van der Waals surface area contributed by atoms with E-state index in [1.807, 2.05) is 0 Å². The second-order valence-electron chi connectivity index (χ2n) is 13.3. The van der Waals surface area contributed by atoms with E-state index in [2.05, 4.69) is 0 Å². The quantitative estimate of drug-likeness (QED) is 0.217. The summed E-state index contributed by atoms with van der Waals surface area (Å²) in [4.78, 5) is 26.1. The van der Waals surface area contributed by atoms with Crippen molar-refractivity contribution < 1.29 is 67.9 Å². The fourth-order valence-corrected chi connectivity index (χ4v) is 6.32. The smallest absolute Gasteiger partial charge is 0.330 e. The molecule has 268 valence electrons. The van der Waals surface area contributed by atoms with Crippen LogP contribution in [0.3, 0.4) is 0 Å². The molecule has 3 saturated heterocycles. The van der Waals surface area contributed by atoms with Gasteiger partial charge in [0.2, 0.25) is 0 Å². The van der Waals surface area contributed by atoms with Gasteiger partial charge in [-0.2, -0.15) is 0 Å². The first-order valence-electron chi connectivity index (χ1n) is 16.3. The second kappa shape index (κ2) is 16.3. The average Bonchev–Trinajstić information content (AvgIpc) is 3.78. The summed E-state index contributed by atoms with van der Waals surface area (Å²) >= 11 is 0. The van der Waals surface area contributed by atoms with Gasteiger partial charge in [0.1, 0.15) is 42.2 Å². The number of esters is 1. The highest BCUT2D eigenvalue weighted by Gasteiger charge is 2.49. The lowest BCUT2D eigenvalue weighted by Gasteiger charge is -2.42. The molecular formula is C33H52O14. The number of ether oxygens (including phenoxy) is 8. The number of epoxide rings is 1. The molecule has 4 aliphatic heterocycles. The van der Waals surface area contributed by atoms with Crippen molar-refractivity contribution >= 4 is 11.8 Å². The summed E-state index contributed by atoms with van der Waals surface area (Å²) < 4.78 is 46.5. The summed E-state index contributed by atoms with van der Waals surface area (Å²) in [7, 11) is 2.93. The summed E-state index contributed by atoms with van der Waals surface area (Å²) in [6.45, 7) is 8.39. The van der Waals surface area contributed by atoms with Crippen molar-refractivity contribution in [3.63, 3.8) is 0 Å². The maximum absolute atomic E-state index is 13.1. The van der Waals surface area contributed by atoms with E-state index in [1.165, 1.54) is 33.3 Å². The number of cyclic esters (lactones) is 1. The van der Waals surface area contributed by atoms with Crippen molar-refractivity contribution in [2.45, 2.75) is 139 Å². The van der Waals surface area contributed by atoms with Crippen LogP contribution in [0.25, 0.3) is 0 Å². The molecule has 0 amide bonds. The fourth-order valence-electron chi connectivity index (χ4n) is 6.32. The van der Waals surface area contributed by atoms with Gasteiger partial charge in [0.05, 0.1) is 37.1 Å². The minimum atomic E-state index is -1.75. The van der Waals surface area contributed by atoms with Crippen LogP contribution < -0.4 is 0 Å². The Balaban J connectivity index is 1.52. The average molecular weight is 673 g/mol. The lowest BCUT2D eigenvalue weighted by molar-refractivity contribution is -0.305. The van der Waals surface area contributed by atoms with Crippen molar-refractivity contribution in [2.75, 3.05) is 20.8 Å². The summed E-state index contributed by atoms with van der Waals surface area (Å²) in [5, 5.41) is 42.4. The molecule has 0 aromatic carbocycles. The molecule has 0 aromatic rings. The summed E-state index contributed by atoms with van der Waals surface area (Å²) in [6.07, 6.45) is -3.95. The van der Waals surface area contributed by atoms with E-state index < -0.39 is 103 Å². The number of hydrogen-bond acceptors (Lipinski definition) is 14. The molecule has 0 bridgehead atoms. The first-order valence-corrected chi connectivity index (χ1v) is 16.3. The van der Waals surface area contributed by atoms with Gasteiger partial charge in [-0.05, 0) is 52.7 Å². The molecule has 4 heterocycles. The highest BCUT2D eigenvalue weighted by Crippen LogP contribution is 2.36. The molecule has 16 atom stereocenters. The number of hydrogen-bond donors (Lipinski definition) is 4. The van der Waals surface area contributed by atoms with E-state index in [1.54, 1.807) is 39.8 Å². The largest absolute Gasteiger partial charge is 0.459 e. The third-order valence-electron chi connectivity index (χ3n) is 9.57. The first kappa shape index (κ1) is 38.0. The molecule has 0 unspecified atom stereocenters. The van der Waals surface area contributed by atoms with Gasteiger partial charge >= 0.3 is 5.97 Å². The molecule has 0 aliphatic carbocycles. The van der Waals surface area contributed by atoms with Crippen LogP contribution in [0.1, 0.15) is 53.9 Å². The molecule has 0 saturated carbocycles. The maximum atomic E-state index is 13.1. The van der Waals surface area contributed by atoms with Crippen LogP contribution in [0.2, 0.25) is 0 Å². The van der Waals surface area contributed by atoms with Gasteiger partial charge in [-0.1, -0.05) is 13.0 Å². The van der Waals surface area contributed by atoms with Crippen LogP contribution in [0.4, 0.5) is 0 Å². The number of rotatable bonds is 7. The Morgan fingerprint density at radius 1 is 0.894 bits per heavy atom. The first-order chi connectivity index (χ1) is 22.2. The normalized spacial score (nSPS) is 48.3. The number of carbonyl (C=O) groups excluding carboxylic acids is 2. The molecule has 0 spiro atoms. The number of ketones is 1. The third-order valence-corrected chi connectivity index (χ3v) is 9.57. The van der Waals surface area contributed by atoms with Gasteiger partial charge in [0, 0.05) is 38.6 Å². The second-order valence-corrected chi connectivity index (χ2v) is 13.3. The summed E-state index contributed by atoms with van der Waals surface area (Å²) in [6, 6.07) is 0. The molecule has 14 nitrogen and oxygen atoms in total. The van der Waals surface area contributed by atoms with Crippen LogP contribution in [0.15, 0.2) is 24.3 Å². The van der Waals surface area contributed by atoms with Crippen LogP contribution in [-0.2, 0) is 47.5 Å². The van der Waals surface area contributed by atoms with Gasteiger partial charge < -0.3 is 58.3 Å². The predicted octanol–water partition coefficient (Wildman–Crippen LogP) is 0.558. The molecule has 3 fully saturated rings. The van der Waals surface area contributed by atoms with Gasteiger partial charge in [-0.3, -0.25) is 4.79 Å².